The van der Waals surface area contributed by atoms with E-state index in [0.717, 1.165) is 19.2 Å². The zero-order valence-electron chi connectivity index (χ0n) is 13.4. The minimum absolute atomic E-state index is 0.0655. The van der Waals surface area contributed by atoms with Gasteiger partial charge >= 0.3 is 5.69 Å². The number of aliphatic hydroxyl groups excluding tert-OH is 1. The Bertz CT molecular complexity index is 589. The molecule has 1 aliphatic heterocycles. The first-order valence-electron chi connectivity index (χ1n) is 7.60. The second-order valence-corrected chi connectivity index (χ2v) is 5.42. The molecule has 9 nitrogen and oxygen atoms in total. The van der Waals surface area contributed by atoms with E-state index in [1.54, 1.807) is 0 Å². The lowest BCUT2D eigenvalue weighted by Gasteiger charge is -2.28. The summed E-state index contributed by atoms with van der Waals surface area (Å²) in [4.78, 5) is 24.5. The van der Waals surface area contributed by atoms with Gasteiger partial charge in [-0.1, -0.05) is 0 Å². The summed E-state index contributed by atoms with van der Waals surface area (Å²) in [5, 5.41) is 23.6. The molecule has 0 aliphatic carbocycles. The summed E-state index contributed by atoms with van der Waals surface area (Å²) in [6.45, 7) is 3.26. The number of morpholine rings is 1. The number of methoxy groups -OCH3 is 1. The topological polar surface area (TPSA) is 114 Å². The van der Waals surface area contributed by atoms with Crippen LogP contribution in [0.1, 0.15) is 10.4 Å². The van der Waals surface area contributed by atoms with Crippen LogP contribution >= 0.6 is 0 Å². The maximum absolute atomic E-state index is 12.1. The van der Waals surface area contributed by atoms with Crippen molar-refractivity contribution in [1.29, 1.82) is 0 Å². The maximum atomic E-state index is 12.1. The van der Waals surface area contributed by atoms with Crippen LogP contribution < -0.4 is 10.1 Å². The van der Waals surface area contributed by atoms with Crippen molar-refractivity contribution in [1.82, 2.24) is 10.2 Å². The molecule has 0 spiro atoms. The molecule has 1 amide bonds. The largest absolute Gasteiger partial charge is 0.490 e. The second kappa shape index (κ2) is 8.57. The van der Waals surface area contributed by atoms with Crippen LogP contribution in [0.2, 0.25) is 0 Å². The molecule has 1 atom stereocenters. The number of nitro groups is 1. The first-order valence-corrected chi connectivity index (χ1v) is 7.60. The van der Waals surface area contributed by atoms with E-state index >= 15 is 0 Å². The average molecular weight is 339 g/mol. The summed E-state index contributed by atoms with van der Waals surface area (Å²) in [6, 6.07) is 3.97. The number of hydrogen-bond acceptors (Lipinski definition) is 7. The molecule has 1 aromatic rings. The van der Waals surface area contributed by atoms with Gasteiger partial charge in [0.1, 0.15) is 0 Å². The van der Waals surface area contributed by atoms with E-state index < -0.39 is 16.9 Å². The van der Waals surface area contributed by atoms with Gasteiger partial charge in [-0.05, 0) is 12.1 Å². The van der Waals surface area contributed by atoms with Crippen LogP contribution in [0, 0.1) is 10.1 Å². The van der Waals surface area contributed by atoms with Crippen LogP contribution in [0.4, 0.5) is 5.69 Å². The SMILES string of the molecule is COc1ccc(C(=O)NC[C@H](O)CN2CCOCC2)cc1[N+](=O)[O-]. The fraction of sp³-hybridized carbons (Fsp3) is 0.533. The van der Waals surface area contributed by atoms with E-state index in [0.29, 0.717) is 19.8 Å². The van der Waals surface area contributed by atoms with E-state index in [1.165, 1.54) is 19.2 Å². The van der Waals surface area contributed by atoms with Crippen molar-refractivity contribution in [2.45, 2.75) is 6.10 Å². The predicted octanol–water partition coefficient (Wildman–Crippen LogP) is 0.0263. The first-order chi connectivity index (χ1) is 11.5. The van der Waals surface area contributed by atoms with Gasteiger partial charge in [0.15, 0.2) is 5.75 Å². The highest BCUT2D eigenvalue weighted by Crippen LogP contribution is 2.27. The zero-order chi connectivity index (χ0) is 17.5. The molecule has 0 aromatic heterocycles. The highest BCUT2D eigenvalue weighted by molar-refractivity contribution is 5.95. The fourth-order valence-electron chi connectivity index (χ4n) is 2.43. The number of rotatable bonds is 7. The number of nitrogens with zero attached hydrogens (tertiary/aromatic N) is 2. The van der Waals surface area contributed by atoms with E-state index in [2.05, 4.69) is 10.2 Å². The van der Waals surface area contributed by atoms with Crippen molar-refractivity contribution < 1.29 is 24.3 Å². The summed E-state index contributed by atoms with van der Waals surface area (Å²) in [5.41, 5.74) is -0.139. The number of nitro benzene ring substituents is 1. The molecule has 0 unspecified atom stereocenters. The maximum Gasteiger partial charge on any atom is 0.311 e. The summed E-state index contributed by atoms with van der Waals surface area (Å²) < 4.78 is 10.1. The highest BCUT2D eigenvalue weighted by atomic mass is 16.6. The van der Waals surface area contributed by atoms with E-state index in [1.807, 2.05) is 0 Å². The molecule has 1 fully saturated rings. The Morgan fingerprint density at radius 3 is 2.83 bits per heavy atom. The number of β-amino-alcohol motifs (C(OH)–C–C–N with tert-alkyl or cyclic N) is 1. The van der Waals surface area contributed by atoms with Gasteiger partial charge in [0.05, 0.1) is 31.4 Å². The van der Waals surface area contributed by atoms with Gasteiger partial charge in [0.2, 0.25) is 0 Å². The van der Waals surface area contributed by atoms with Crippen molar-refractivity contribution in [3.05, 3.63) is 33.9 Å². The lowest BCUT2D eigenvalue weighted by molar-refractivity contribution is -0.385. The number of aliphatic hydroxyl groups is 1. The van der Waals surface area contributed by atoms with Crippen LogP contribution in [-0.4, -0.2) is 73.4 Å². The summed E-state index contributed by atoms with van der Waals surface area (Å²) in [5.74, 6) is -0.398. The Balaban J connectivity index is 1.89. The van der Waals surface area contributed by atoms with Gasteiger partial charge in [0, 0.05) is 37.8 Å². The van der Waals surface area contributed by atoms with Gasteiger partial charge in [0.25, 0.3) is 5.91 Å². The Labute approximate surface area is 139 Å². The quantitative estimate of drug-likeness (QED) is 0.532. The van der Waals surface area contributed by atoms with Gasteiger partial charge < -0.3 is 19.9 Å². The lowest BCUT2D eigenvalue weighted by Crippen LogP contribution is -2.44. The Morgan fingerprint density at radius 2 is 2.21 bits per heavy atom. The van der Waals surface area contributed by atoms with Crippen molar-refractivity contribution in [2.24, 2.45) is 0 Å². The smallest absolute Gasteiger partial charge is 0.311 e. The number of carbonyl (C=O) groups is 1. The van der Waals surface area contributed by atoms with Crippen LogP contribution in [0.25, 0.3) is 0 Å². The summed E-state index contributed by atoms with van der Waals surface area (Å²) >= 11 is 0. The Hall–Kier alpha value is -2.23. The number of nitrogens with one attached hydrogen (secondary N) is 1. The van der Waals surface area contributed by atoms with Crippen LogP contribution in [0.5, 0.6) is 5.75 Å². The van der Waals surface area contributed by atoms with Crippen molar-refractivity contribution >= 4 is 11.6 Å². The monoisotopic (exact) mass is 339 g/mol. The molecule has 1 aromatic carbocycles. The van der Waals surface area contributed by atoms with Crippen molar-refractivity contribution in [2.75, 3.05) is 46.5 Å². The second-order valence-electron chi connectivity index (χ2n) is 5.42. The van der Waals surface area contributed by atoms with Gasteiger partial charge in [-0.15, -0.1) is 0 Å². The zero-order valence-corrected chi connectivity index (χ0v) is 13.4. The number of ether oxygens (including phenoxy) is 2. The third-order valence-electron chi connectivity index (χ3n) is 3.71. The normalized spacial score (nSPS) is 16.4. The molecule has 1 aliphatic rings. The minimum Gasteiger partial charge on any atom is -0.490 e. The summed E-state index contributed by atoms with van der Waals surface area (Å²) in [7, 11) is 1.32. The average Bonchev–Trinajstić information content (AvgIpc) is 2.59. The summed E-state index contributed by atoms with van der Waals surface area (Å²) in [6.07, 6.45) is -0.722. The van der Waals surface area contributed by atoms with Crippen LogP contribution in [0.15, 0.2) is 18.2 Å². The van der Waals surface area contributed by atoms with Crippen molar-refractivity contribution in [3.8, 4) is 5.75 Å². The Kier molecular flexibility index (Phi) is 6.47. The van der Waals surface area contributed by atoms with Gasteiger partial charge in [-0.3, -0.25) is 19.8 Å². The molecular formula is C15H21N3O6. The number of amides is 1. The molecule has 24 heavy (non-hydrogen) atoms. The van der Waals surface area contributed by atoms with Crippen LogP contribution in [0.3, 0.4) is 0 Å². The van der Waals surface area contributed by atoms with Gasteiger partial charge in [-0.25, -0.2) is 0 Å². The molecule has 132 valence electrons. The number of carbonyl (C=O) groups excluding carboxylic acids is 1. The van der Waals surface area contributed by atoms with E-state index in [-0.39, 0.29) is 23.5 Å². The molecular weight excluding hydrogens is 318 g/mol. The van der Waals surface area contributed by atoms with E-state index in [4.69, 9.17) is 9.47 Å². The molecule has 1 heterocycles. The van der Waals surface area contributed by atoms with Crippen LogP contribution in [-0.2, 0) is 4.74 Å². The standard InChI is InChI=1S/C15H21N3O6/c1-23-14-3-2-11(8-13(14)18(21)22)15(20)16-9-12(19)10-17-4-6-24-7-5-17/h2-3,8,12,19H,4-7,9-10H2,1H3,(H,16,20)/t12-/m0/s1. The third-order valence-corrected chi connectivity index (χ3v) is 3.71. The molecule has 0 radical (unpaired) electrons. The van der Waals surface area contributed by atoms with E-state index in [9.17, 15) is 20.0 Å². The molecule has 1 saturated heterocycles. The molecule has 2 N–H and O–H groups in total. The first kappa shape index (κ1) is 18.1. The molecule has 2 rings (SSSR count). The minimum atomic E-state index is -0.722. The predicted molar refractivity (Wildman–Crippen MR) is 85.2 cm³/mol. The number of hydrogen-bond donors (Lipinski definition) is 2. The lowest BCUT2D eigenvalue weighted by atomic mass is 10.1. The molecule has 0 saturated carbocycles. The molecule has 0 bridgehead atoms. The third kappa shape index (κ3) is 4.88. The molecule has 9 heteroatoms. The number of benzene rings is 1. The Morgan fingerprint density at radius 1 is 1.50 bits per heavy atom. The fourth-order valence-corrected chi connectivity index (χ4v) is 2.43. The van der Waals surface area contributed by atoms with Gasteiger partial charge in [-0.2, -0.15) is 0 Å². The highest BCUT2D eigenvalue weighted by Gasteiger charge is 2.19. The van der Waals surface area contributed by atoms with Crippen molar-refractivity contribution in [3.63, 3.8) is 0 Å².